The number of rotatable bonds is 7. The Labute approximate surface area is 162 Å². The molecule has 0 unspecified atom stereocenters. The lowest BCUT2D eigenvalue weighted by atomic mass is 10.1. The summed E-state index contributed by atoms with van der Waals surface area (Å²) in [5.74, 6) is -2.31. The van der Waals surface area contributed by atoms with Gasteiger partial charge in [0.2, 0.25) is 10.0 Å². The summed E-state index contributed by atoms with van der Waals surface area (Å²) in [6.45, 7) is 2.51. The molecule has 0 spiro atoms. The Morgan fingerprint density at radius 2 is 1.71 bits per heavy atom. The van der Waals surface area contributed by atoms with Gasteiger partial charge < -0.3 is 10.5 Å². The zero-order valence-corrected chi connectivity index (χ0v) is 16.2. The quantitative estimate of drug-likeness (QED) is 0.581. The van der Waals surface area contributed by atoms with Gasteiger partial charge in [0.05, 0.1) is 4.90 Å². The summed E-state index contributed by atoms with van der Waals surface area (Å²) in [7, 11) is -3.97. The molecule has 0 radical (unpaired) electrons. The summed E-state index contributed by atoms with van der Waals surface area (Å²) in [5, 5.41) is 3.44. The third kappa shape index (κ3) is 5.51. The van der Waals surface area contributed by atoms with Crippen molar-refractivity contribution in [3.05, 3.63) is 42.5 Å². The number of hydrogen-bond donors (Lipinski definition) is 3. The lowest BCUT2D eigenvalue weighted by molar-refractivity contribution is -0.157. The molecule has 28 heavy (non-hydrogen) atoms. The van der Waals surface area contributed by atoms with Crippen molar-refractivity contribution in [3.63, 3.8) is 0 Å². The van der Waals surface area contributed by atoms with Crippen molar-refractivity contribution in [2.24, 2.45) is 11.7 Å². The van der Waals surface area contributed by atoms with E-state index in [9.17, 15) is 22.8 Å². The van der Waals surface area contributed by atoms with Crippen LogP contribution in [0.4, 0.5) is 4.79 Å². The van der Waals surface area contributed by atoms with Crippen molar-refractivity contribution in [1.82, 2.24) is 10.0 Å². The van der Waals surface area contributed by atoms with Crippen LogP contribution in [0.15, 0.2) is 47.4 Å². The van der Waals surface area contributed by atoms with Crippen molar-refractivity contribution in [2.75, 3.05) is 6.54 Å². The highest BCUT2D eigenvalue weighted by atomic mass is 32.2. The fourth-order valence-corrected chi connectivity index (χ4v) is 3.44. The standard InChI is InChI=1S/C18H21N3O6S/c1-11(2)16(17(23)21-18(19)24)27-15(22)10-20-28(25,26)14-8-7-12-5-3-4-6-13(12)9-14/h3-9,11,16,20H,10H2,1-2H3,(H3,19,21,23,24)/t16-/m1/s1. The highest BCUT2D eigenvalue weighted by molar-refractivity contribution is 7.89. The summed E-state index contributed by atoms with van der Waals surface area (Å²) < 4.78 is 32.0. The maximum Gasteiger partial charge on any atom is 0.321 e. The maximum atomic E-state index is 12.4. The SMILES string of the molecule is CC(C)[C@@H](OC(=O)CNS(=O)(=O)c1ccc2ccccc2c1)C(=O)NC(N)=O. The number of urea groups is 1. The number of hydrogen-bond acceptors (Lipinski definition) is 6. The number of nitrogens with one attached hydrogen (secondary N) is 2. The third-order valence-electron chi connectivity index (χ3n) is 3.81. The van der Waals surface area contributed by atoms with Gasteiger partial charge in [-0.3, -0.25) is 14.9 Å². The second-order valence-electron chi connectivity index (χ2n) is 6.34. The second-order valence-corrected chi connectivity index (χ2v) is 8.11. The maximum absolute atomic E-state index is 12.4. The largest absolute Gasteiger partial charge is 0.451 e. The summed E-state index contributed by atoms with van der Waals surface area (Å²) in [6.07, 6.45) is -1.29. The Bertz CT molecular complexity index is 1000. The molecule has 0 heterocycles. The summed E-state index contributed by atoms with van der Waals surface area (Å²) in [6, 6.07) is 10.7. The van der Waals surface area contributed by atoms with Crippen LogP contribution in [-0.2, 0) is 24.3 Å². The van der Waals surface area contributed by atoms with E-state index in [4.69, 9.17) is 10.5 Å². The normalized spacial score (nSPS) is 12.5. The molecule has 2 aromatic rings. The number of primary amides is 1. The van der Waals surface area contributed by atoms with Crippen LogP contribution in [0.3, 0.4) is 0 Å². The van der Waals surface area contributed by atoms with Gasteiger partial charge in [0, 0.05) is 0 Å². The molecule has 0 aromatic heterocycles. The zero-order chi connectivity index (χ0) is 20.9. The number of benzene rings is 2. The molecule has 9 nitrogen and oxygen atoms in total. The summed E-state index contributed by atoms with van der Waals surface area (Å²) in [4.78, 5) is 34.6. The Hall–Kier alpha value is -2.98. The molecular weight excluding hydrogens is 386 g/mol. The number of imide groups is 1. The van der Waals surface area contributed by atoms with E-state index in [1.807, 2.05) is 17.4 Å². The molecule has 3 amide bonds. The first-order valence-corrected chi connectivity index (χ1v) is 9.86. The molecular formula is C18H21N3O6S. The molecule has 0 aliphatic carbocycles. The van der Waals surface area contributed by atoms with Crippen LogP contribution in [0.2, 0.25) is 0 Å². The number of amides is 3. The predicted octanol–water partition coefficient (Wildman–Crippen LogP) is 0.881. The van der Waals surface area contributed by atoms with Gasteiger partial charge in [-0.2, -0.15) is 4.72 Å². The Morgan fingerprint density at radius 1 is 1.07 bits per heavy atom. The monoisotopic (exact) mass is 407 g/mol. The molecule has 2 aromatic carbocycles. The number of sulfonamides is 1. The number of esters is 1. The van der Waals surface area contributed by atoms with Gasteiger partial charge in [0.15, 0.2) is 6.10 Å². The first kappa shape index (κ1) is 21.3. The first-order valence-electron chi connectivity index (χ1n) is 8.38. The van der Waals surface area contributed by atoms with E-state index in [-0.39, 0.29) is 4.90 Å². The van der Waals surface area contributed by atoms with Crippen molar-refractivity contribution >= 4 is 38.7 Å². The number of carbonyl (C=O) groups is 3. The van der Waals surface area contributed by atoms with Gasteiger partial charge in [-0.1, -0.05) is 44.2 Å². The van der Waals surface area contributed by atoms with E-state index in [0.29, 0.717) is 0 Å². The van der Waals surface area contributed by atoms with Crippen LogP contribution in [0.5, 0.6) is 0 Å². The highest BCUT2D eigenvalue weighted by Gasteiger charge is 2.28. The lowest BCUT2D eigenvalue weighted by Crippen LogP contribution is -2.46. The van der Waals surface area contributed by atoms with E-state index in [0.717, 1.165) is 10.8 Å². The van der Waals surface area contributed by atoms with E-state index in [1.54, 1.807) is 32.0 Å². The van der Waals surface area contributed by atoms with Gasteiger partial charge in [-0.05, 0) is 28.8 Å². The van der Waals surface area contributed by atoms with Crippen LogP contribution >= 0.6 is 0 Å². The molecule has 0 aliphatic rings. The van der Waals surface area contributed by atoms with Crippen LogP contribution in [0, 0.1) is 5.92 Å². The van der Waals surface area contributed by atoms with Gasteiger partial charge >= 0.3 is 12.0 Å². The minimum atomic E-state index is -3.97. The number of nitrogens with two attached hydrogens (primary N) is 1. The smallest absolute Gasteiger partial charge is 0.321 e. The second kappa shape index (κ2) is 8.81. The van der Waals surface area contributed by atoms with Crippen LogP contribution < -0.4 is 15.8 Å². The van der Waals surface area contributed by atoms with E-state index >= 15 is 0 Å². The van der Waals surface area contributed by atoms with Gasteiger partial charge in [-0.25, -0.2) is 13.2 Å². The van der Waals surface area contributed by atoms with E-state index in [2.05, 4.69) is 4.72 Å². The zero-order valence-electron chi connectivity index (χ0n) is 15.3. The molecule has 0 saturated carbocycles. The van der Waals surface area contributed by atoms with Crippen molar-refractivity contribution in [2.45, 2.75) is 24.8 Å². The Balaban J connectivity index is 2.04. The number of carbonyl (C=O) groups excluding carboxylic acids is 3. The number of fused-ring (bicyclic) bond motifs is 1. The van der Waals surface area contributed by atoms with Crippen molar-refractivity contribution in [1.29, 1.82) is 0 Å². The average Bonchev–Trinajstić information content (AvgIpc) is 2.63. The lowest BCUT2D eigenvalue weighted by Gasteiger charge is -2.20. The molecule has 0 saturated heterocycles. The van der Waals surface area contributed by atoms with Gasteiger partial charge in [0.1, 0.15) is 6.54 Å². The predicted molar refractivity (Wildman–Crippen MR) is 102 cm³/mol. The third-order valence-corrected chi connectivity index (χ3v) is 5.21. The summed E-state index contributed by atoms with van der Waals surface area (Å²) in [5.41, 5.74) is 4.88. The van der Waals surface area contributed by atoms with Crippen LogP contribution in [0.25, 0.3) is 10.8 Å². The minimum absolute atomic E-state index is 0.00844. The molecule has 0 aliphatic heterocycles. The van der Waals surface area contributed by atoms with E-state index in [1.165, 1.54) is 12.1 Å². The molecule has 1 atom stereocenters. The average molecular weight is 407 g/mol. The molecule has 4 N–H and O–H groups in total. The van der Waals surface area contributed by atoms with Gasteiger partial charge in [-0.15, -0.1) is 0 Å². The van der Waals surface area contributed by atoms with Crippen LogP contribution in [-0.4, -0.2) is 39.0 Å². The first-order chi connectivity index (χ1) is 13.1. The van der Waals surface area contributed by atoms with Crippen molar-refractivity contribution < 1.29 is 27.5 Å². The van der Waals surface area contributed by atoms with E-state index < -0.39 is 46.5 Å². The molecule has 0 bridgehead atoms. The topological polar surface area (TPSA) is 145 Å². The van der Waals surface area contributed by atoms with Gasteiger partial charge in [0.25, 0.3) is 5.91 Å². The minimum Gasteiger partial charge on any atom is -0.451 e. The fourth-order valence-electron chi connectivity index (χ4n) is 2.44. The molecule has 0 fully saturated rings. The fraction of sp³-hybridized carbons (Fsp3) is 0.278. The Morgan fingerprint density at radius 3 is 2.32 bits per heavy atom. The molecule has 10 heteroatoms. The molecule has 2 rings (SSSR count). The van der Waals surface area contributed by atoms with Crippen molar-refractivity contribution in [3.8, 4) is 0 Å². The molecule has 150 valence electrons. The summed E-state index contributed by atoms with van der Waals surface area (Å²) >= 11 is 0. The highest BCUT2D eigenvalue weighted by Crippen LogP contribution is 2.18. The number of ether oxygens (including phenoxy) is 1. The Kier molecular flexibility index (Phi) is 6.71. The van der Waals surface area contributed by atoms with Crippen LogP contribution in [0.1, 0.15) is 13.8 Å².